The topological polar surface area (TPSA) is 126 Å². The molecule has 3 aromatic carbocycles. The summed E-state index contributed by atoms with van der Waals surface area (Å²) in [6.07, 6.45) is 1.65. The molecule has 10 nitrogen and oxygen atoms in total. The molecule has 12 heteroatoms. The molecular formula is C34H30Cl2N6O4. The zero-order valence-corrected chi connectivity index (χ0v) is 26.5. The summed E-state index contributed by atoms with van der Waals surface area (Å²) in [5, 5.41) is 9.53. The number of rotatable bonds is 10. The van der Waals surface area contributed by atoms with Gasteiger partial charge in [0.2, 0.25) is 5.91 Å². The maximum absolute atomic E-state index is 13.0. The highest BCUT2D eigenvalue weighted by atomic mass is 35.5. The summed E-state index contributed by atoms with van der Waals surface area (Å²) in [4.78, 5) is 48.3. The third-order valence-electron chi connectivity index (χ3n) is 7.03. The highest BCUT2D eigenvalue weighted by Gasteiger charge is 2.20. The van der Waals surface area contributed by atoms with E-state index in [1.54, 1.807) is 49.6 Å². The molecule has 0 unspecified atom stereocenters. The minimum absolute atomic E-state index is 0.0448. The van der Waals surface area contributed by atoms with E-state index in [1.165, 1.54) is 11.0 Å². The minimum atomic E-state index is -0.622. The van der Waals surface area contributed by atoms with Gasteiger partial charge in [0.1, 0.15) is 17.9 Å². The van der Waals surface area contributed by atoms with Gasteiger partial charge in [-0.15, -0.1) is 0 Å². The lowest BCUT2D eigenvalue weighted by atomic mass is 10.1. The van der Waals surface area contributed by atoms with Gasteiger partial charge in [-0.05, 0) is 61.5 Å². The Morgan fingerprint density at radius 3 is 2.54 bits per heavy atom. The molecule has 0 aliphatic rings. The zero-order valence-electron chi connectivity index (χ0n) is 25.0. The average molecular weight is 658 g/mol. The van der Waals surface area contributed by atoms with Gasteiger partial charge in [0.15, 0.2) is 0 Å². The van der Waals surface area contributed by atoms with E-state index >= 15 is 0 Å². The number of amides is 4. The van der Waals surface area contributed by atoms with Crippen LogP contribution in [0.5, 0.6) is 5.75 Å². The lowest BCUT2D eigenvalue weighted by molar-refractivity contribution is -0.117. The first-order valence-corrected chi connectivity index (χ1v) is 15.0. The third-order valence-corrected chi connectivity index (χ3v) is 7.81. The summed E-state index contributed by atoms with van der Waals surface area (Å²) in [5.74, 6) is -0.170. The van der Waals surface area contributed by atoms with Crippen molar-refractivity contribution >= 4 is 63.3 Å². The van der Waals surface area contributed by atoms with Crippen LogP contribution >= 0.6 is 23.2 Å². The Kier molecular flexibility index (Phi) is 10.3. The molecule has 46 heavy (non-hydrogen) atoms. The van der Waals surface area contributed by atoms with E-state index in [2.05, 4.69) is 25.9 Å². The molecule has 0 saturated carbocycles. The first-order chi connectivity index (χ1) is 22.2. The predicted molar refractivity (Wildman–Crippen MR) is 180 cm³/mol. The molecule has 3 N–H and O–H groups in total. The molecule has 0 saturated heterocycles. The van der Waals surface area contributed by atoms with Crippen LogP contribution in [0.15, 0.2) is 91.1 Å². The van der Waals surface area contributed by atoms with Crippen molar-refractivity contribution in [2.24, 2.45) is 0 Å². The average Bonchev–Trinajstić information content (AvgIpc) is 3.06. The molecule has 4 amide bonds. The number of benzene rings is 3. The molecule has 5 aromatic rings. The number of likely N-dealkylation sites (N-methyl/N-ethyl adjacent to an activating group) is 1. The molecule has 0 radical (unpaired) electrons. The smallest absolute Gasteiger partial charge is 0.319 e. The van der Waals surface area contributed by atoms with Gasteiger partial charge in [0.25, 0.3) is 5.91 Å². The van der Waals surface area contributed by atoms with E-state index in [1.807, 2.05) is 49.4 Å². The maximum Gasteiger partial charge on any atom is 0.319 e. The van der Waals surface area contributed by atoms with Crippen LogP contribution in [-0.4, -0.2) is 41.4 Å². The third kappa shape index (κ3) is 7.90. The highest BCUT2D eigenvalue weighted by Crippen LogP contribution is 2.35. The normalized spacial score (nSPS) is 10.7. The molecule has 0 fully saturated rings. The van der Waals surface area contributed by atoms with E-state index in [0.29, 0.717) is 33.3 Å². The lowest BCUT2D eigenvalue weighted by Gasteiger charge is -2.21. The SMILES string of the molecule is Cc1ccc2cccc(OCc3c(Cl)ccc(N(C)C(=O)CNC(=O)Nc4cccc(C(=O)NCc5ccccn5)c4)c3Cl)c2n1. The van der Waals surface area contributed by atoms with Gasteiger partial charge in [-0.3, -0.25) is 14.6 Å². The van der Waals surface area contributed by atoms with Crippen LogP contribution in [0.2, 0.25) is 10.0 Å². The quantitative estimate of drug-likeness (QED) is 0.157. The van der Waals surface area contributed by atoms with Gasteiger partial charge < -0.3 is 25.6 Å². The summed E-state index contributed by atoms with van der Waals surface area (Å²) in [6.45, 7) is 1.89. The summed E-state index contributed by atoms with van der Waals surface area (Å²) in [7, 11) is 1.55. The van der Waals surface area contributed by atoms with Gasteiger partial charge in [0.05, 0.1) is 29.5 Å². The number of aryl methyl sites for hydroxylation is 1. The minimum Gasteiger partial charge on any atom is -0.487 e. The van der Waals surface area contributed by atoms with E-state index in [-0.39, 0.29) is 30.6 Å². The second-order valence-electron chi connectivity index (χ2n) is 10.3. The van der Waals surface area contributed by atoms with Gasteiger partial charge in [-0.25, -0.2) is 9.78 Å². The molecule has 0 atom stereocenters. The summed E-state index contributed by atoms with van der Waals surface area (Å²) in [6, 6.07) is 24.1. The van der Waals surface area contributed by atoms with Crippen molar-refractivity contribution in [3.63, 3.8) is 0 Å². The van der Waals surface area contributed by atoms with Gasteiger partial charge >= 0.3 is 6.03 Å². The number of fused-ring (bicyclic) bond motifs is 1. The summed E-state index contributed by atoms with van der Waals surface area (Å²) in [5.41, 5.74) is 3.93. The van der Waals surface area contributed by atoms with E-state index in [0.717, 1.165) is 22.3 Å². The Balaban J connectivity index is 1.17. The molecule has 0 spiro atoms. The van der Waals surface area contributed by atoms with Gasteiger partial charge in [-0.2, -0.15) is 0 Å². The number of ether oxygens (including phenoxy) is 1. The highest BCUT2D eigenvalue weighted by molar-refractivity contribution is 6.38. The number of carbonyl (C=O) groups excluding carboxylic acids is 3. The predicted octanol–water partition coefficient (Wildman–Crippen LogP) is 6.54. The van der Waals surface area contributed by atoms with Gasteiger partial charge in [-0.1, -0.05) is 53.5 Å². The Bertz CT molecular complexity index is 1900. The first-order valence-electron chi connectivity index (χ1n) is 14.2. The van der Waals surface area contributed by atoms with Crippen LogP contribution in [0.25, 0.3) is 10.9 Å². The van der Waals surface area contributed by atoms with Crippen molar-refractivity contribution in [2.75, 3.05) is 23.8 Å². The van der Waals surface area contributed by atoms with E-state index < -0.39 is 11.9 Å². The van der Waals surface area contributed by atoms with Crippen LogP contribution < -0.4 is 25.6 Å². The van der Waals surface area contributed by atoms with Crippen molar-refractivity contribution in [2.45, 2.75) is 20.1 Å². The van der Waals surface area contributed by atoms with Gasteiger partial charge in [0, 0.05) is 46.2 Å². The summed E-state index contributed by atoms with van der Waals surface area (Å²) >= 11 is 13.2. The number of hydrogen-bond donors (Lipinski definition) is 3. The number of nitrogens with zero attached hydrogens (tertiary/aromatic N) is 3. The Hall–Kier alpha value is -5.19. The number of hydrogen-bond acceptors (Lipinski definition) is 6. The zero-order chi connectivity index (χ0) is 32.6. The largest absolute Gasteiger partial charge is 0.487 e. The number of pyridine rings is 2. The van der Waals surface area contributed by atoms with Crippen LogP contribution in [0.3, 0.4) is 0 Å². The van der Waals surface area contributed by atoms with Crippen molar-refractivity contribution in [1.29, 1.82) is 0 Å². The number of urea groups is 1. The second-order valence-corrected chi connectivity index (χ2v) is 11.1. The standard InChI is InChI=1S/C34H30Cl2N6O4/c1-21-12-13-22-7-6-11-29(32(22)40-21)46-20-26-27(35)14-15-28(31(26)36)42(2)30(43)19-39-34(45)41-24-10-5-8-23(17-24)33(44)38-18-25-9-3-4-16-37-25/h3-17H,18-20H2,1-2H3,(H,38,44)(H2,39,41,45). The first kappa shape index (κ1) is 32.2. The summed E-state index contributed by atoms with van der Waals surface area (Å²) < 4.78 is 6.08. The van der Waals surface area contributed by atoms with Crippen LogP contribution in [0, 0.1) is 6.92 Å². The number of carbonyl (C=O) groups is 3. The monoisotopic (exact) mass is 656 g/mol. The second kappa shape index (κ2) is 14.7. The van der Waals surface area contributed by atoms with Crippen molar-refractivity contribution in [1.82, 2.24) is 20.6 Å². The molecule has 2 aromatic heterocycles. The Morgan fingerprint density at radius 2 is 1.74 bits per heavy atom. The number of anilines is 2. The van der Waals surface area contributed by atoms with Crippen molar-refractivity contribution < 1.29 is 19.1 Å². The number of nitrogens with one attached hydrogen (secondary N) is 3. The number of halogens is 2. The van der Waals surface area contributed by atoms with E-state index in [4.69, 9.17) is 27.9 Å². The fourth-order valence-electron chi connectivity index (χ4n) is 4.56. The lowest BCUT2D eigenvalue weighted by Crippen LogP contribution is -2.40. The fraction of sp³-hybridized carbons (Fsp3) is 0.147. The molecule has 0 aliphatic heterocycles. The molecular weight excluding hydrogens is 627 g/mol. The molecule has 0 aliphatic carbocycles. The van der Waals surface area contributed by atoms with Crippen LogP contribution in [0.1, 0.15) is 27.3 Å². The molecule has 5 rings (SSSR count). The Morgan fingerprint density at radius 1 is 0.913 bits per heavy atom. The number of aromatic nitrogens is 2. The van der Waals surface area contributed by atoms with Crippen molar-refractivity contribution in [3.05, 3.63) is 124 Å². The van der Waals surface area contributed by atoms with Crippen LogP contribution in [0.4, 0.5) is 16.2 Å². The maximum atomic E-state index is 13.0. The molecule has 234 valence electrons. The van der Waals surface area contributed by atoms with Crippen LogP contribution in [-0.2, 0) is 17.9 Å². The molecule has 0 bridgehead atoms. The Labute approximate surface area is 275 Å². The van der Waals surface area contributed by atoms with Crippen molar-refractivity contribution in [3.8, 4) is 5.75 Å². The molecule has 2 heterocycles. The fourth-order valence-corrected chi connectivity index (χ4v) is 5.16. The van der Waals surface area contributed by atoms with E-state index in [9.17, 15) is 14.4 Å². The number of para-hydroxylation sites is 1.